The Hall–Kier alpha value is -1.74. The summed E-state index contributed by atoms with van der Waals surface area (Å²) < 4.78 is 26.9. The van der Waals surface area contributed by atoms with E-state index in [0.29, 0.717) is 16.7 Å². The minimum Gasteiger partial charge on any atom is -0.324 e. The molecule has 0 radical (unpaired) electrons. The molecule has 0 heterocycles. The number of aryl methyl sites for hydroxylation is 1. The maximum Gasteiger partial charge on any atom is 0.131 e. The molecule has 1 unspecified atom stereocenters. The molecule has 0 aliphatic carbocycles. The van der Waals surface area contributed by atoms with E-state index in [1.54, 1.807) is 25.1 Å². The van der Waals surface area contributed by atoms with Crippen LogP contribution in [0.3, 0.4) is 0 Å². The van der Waals surface area contributed by atoms with Crippen molar-refractivity contribution in [3.05, 3.63) is 59.2 Å². The van der Waals surface area contributed by atoms with Crippen LogP contribution in [0, 0.1) is 18.6 Å². The summed E-state index contributed by atoms with van der Waals surface area (Å²) >= 11 is 0. The monoisotopic (exact) mass is 247 g/mol. The van der Waals surface area contributed by atoms with E-state index in [0.717, 1.165) is 5.56 Å². The van der Waals surface area contributed by atoms with Gasteiger partial charge in [0.15, 0.2) is 0 Å². The van der Waals surface area contributed by atoms with Crippen LogP contribution < -0.4 is 5.73 Å². The van der Waals surface area contributed by atoms with Gasteiger partial charge >= 0.3 is 0 Å². The molecule has 0 aliphatic rings. The minimum atomic E-state index is -0.325. The summed E-state index contributed by atoms with van der Waals surface area (Å²) in [6.07, 6.45) is 0. The third-order valence-corrected chi connectivity index (χ3v) is 2.99. The second-order valence-electron chi connectivity index (χ2n) is 4.49. The Morgan fingerprint density at radius 1 is 1.00 bits per heavy atom. The van der Waals surface area contributed by atoms with Gasteiger partial charge in [0.2, 0.25) is 0 Å². The van der Waals surface area contributed by atoms with Crippen LogP contribution in [0.15, 0.2) is 36.4 Å². The number of hydrogen-bond donors (Lipinski definition) is 1. The van der Waals surface area contributed by atoms with Crippen molar-refractivity contribution in [2.24, 2.45) is 5.73 Å². The molecule has 0 bridgehead atoms. The SMILES string of the molecule is Cc1cc(F)ccc1-c1cc(C(C)N)ccc1F. The molecule has 0 saturated heterocycles. The zero-order chi connectivity index (χ0) is 13.3. The van der Waals surface area contributed by atoms with Gasteiger partial charge in [-0.15, -0.1) is 0 Å². The largest absolute Gasteiger partial charge is 0.324 e. The molecular weight excluding hydrogens is 232 g/mol. The summed E-state index contributed by atoms with van der Waals surface area (Å²) in [4.78, 5) is 0. The van der Waals surface area contributed by atoms with Gasteiger partial charge in [-0.25, -0.2) is 8.78 Å². The molecule has 2 N–H and O–H groups in total. The van der Waals surface area contributed by atoms with Gasteiger partial charge in [0, 0.05) is 11.6 Å². The maximum atomic E-state index is 13.9. The molecule has 1 atom stereocenters. The third-order valence-electron chi connectivity index (χ3n) is 2.99. The van der Waals surface area contributed by atoms with Crippen molar-refractivity contribution < 1.29 is 8.78 Å². The lowest BCUT2D eigenvalue weighted by Crippen LogP contribution is -2.05. The molecule has 1 nitrogen and oxygen atoms in total. The molecule has 0 aliphatic heterocycles. The highest BCUT2D eigenvalue weighted by Crippen LogP contribution is 2.28. The first kappa shape index (κ1) is 12.7. The lowest BCUT2D eigenvalue weighted by Gasteiger charge is -2.11. The van der Waals surface area contributed by atoms with Crippen molar-refractivity contribution in [3.63, 3.8) is 0 Å². The Bertz CT molecular complexity index is 577. The molecule has 0 saturated carbocycles. The van der Waals surface area contributed by atoms with Crippen LogP contribution in [0.5, 0.6) is 0 Å². The normalized spacial score (nSPS) is 12.5. The van der Waals surface area contributed by atoms with Gasteiger partial charge in [-0.2, -0.15) is 0 Å². The standard InChI is InChI=1S/C15H15F2N/c1-9-7-12(16)4-5-13(9)14-8-11(10(2)18)3-6-15(14)17/h3-8,10H,18H2,1-2H3. The average Bonchev–Trinajstić information content (AvgIpc) is 2.30. The average molecular weight is 247 g/mol. The van der Waals surface area contributed by atoms with E-state index < -0.39 is 0 Å². The number of nitrogens with two attached hydrogens (primary N) is 1. The number of halogens is 2. The van der Waals surface area contributed by atoms with Crippen molar-refractivity contribution in [2.75, 3.05) is 0 Å². The zero-order valence-electron chi connectivity index (χ0n) is 10.4. The smallest absolute Gasteiger partial charge is 0.131 e. The summed E-state index contributed by atoms with van der Waals surface area (Å²) in [6, 6.07) is 8.95. The van der Waals surface area contributed by atoms with E-state index >= 15 is 0 Å². The fraction of sp³-hybridized carbons (Fsp3) is 0.200. The molecule has 3 heteroatoms. The molecule has 0 fully saturated rings. The van der Waals surface area contributed by atoms with E-state index in [4.69, 9.17) is 5.73 Å². The summed E-state index contributed by atoms with van der Waals surface area (Å²) in [6.45, 7) is 3.60. The quantitative estimate of drug-likeness (QED) is 0.854. The van der Waals surface area contributed by atoms with Gasteiger partial charge in [0.05, 0.1) is 0 Å². The van der Waals surface area contributed by atoms with Gasteiger partial charge < -0.3 is 5.73 Å². The van der Waals surface area contributed by atoms with Gasteiger partial charge in [0.1, 0.15) is 11.6 Å². The van der Waals surface area contributed by atoms with Crippen LogP contribution in [0.25, 0.3) is 11.1 Å². The highest BCUT2D eigenvalue weighted by atomic mass is 19.1. The molecule has 0 spiro atoms. The Balaban J connectivity index is 2.59. The highest BCUT2D eigenvalue weighted by Gasteiger charge is 2.11. The Labute approximate surface area is 105 Å². The van der Waals surface area contributed by atoms with Crippen LogP contribution >= 0.6 is 0 Å². The van der Waals surface area contributed by atoms with Gasteiger partial charge in [-0.3, -0.25) is 0 Å². The second kappa shape index (κ2) is 4.86. The first-order valence-corrected chi connectivity index (χ1v) is 5.80. The molecule has 2 aromatic carbocycles. The van der Waals surface area contributed by atoms with Crippen LogP contribution in [0.1, 0.15) is 24.1 Å². The van der Waals surface area contributed by atoms with E-state index in [-0.39, 0.29) is 17.7 Å². The second-order valence-corrected chi connectivity index (χ2v) is 4.49. The van der Waals surface area contributed by atoms with Gasteiger partial charge in [-0.05, 0) is 54.8 Å². The van der Waals surface area contributed by atoms with Crippen molar-refractivity contribution in [1.29, 1.82) is 0 Å². The van der Waals surface area contributed by atoms with Crippen molar-refractivity contribution in [3.8, 4) is 11.1 Å². The Morgan fingerprint density at radius 2 is 1.72 bits per heavy atom. The van der Waals surface area contributed by atoms with Gasteiger partial charge in [0.25, 0.3) is 0 Å². The molecule has 0 amide bonds. The predicted molar refractivity (Wildman–Crippen MR) is 69.1 cm³/mol. The zero-order valence-corrected chi connectivity index (χ0v) is 10.4. The first-order valence-electron chi connectivity index (χ1n) is 5.80. The fourth-order valence-electron chi connectivity index (χ4n) is 1.96. The molecule has 2 aromatic rings. The van der Waals surface area contributed by atoms with Crippen LogP contribution in [0.4, 0.5) is 8.78 Å². The minimum absolute atomic E-state index is 0.162. The van der Waals surface area contributed by atoms with E-state index in [2.05, 4.69) is 0 Å². The van der Waals surface area contributed by atoms with Crippen LogP contribution in [0.2, 0.25) is 0 Å². The summed E-state index contributed by atoms with van der Waals surface area (Å²) in [5, 5.41) is 0. The van der Waals surface area contributed by atoms with Crippen molar-refractivity contribution in [2.45, 2.75) is 19.9 Å². The van der Waals surface area contributed by atoms with E-state index in [1.807, 2.05) is 6.92 Å². The van der Waals surface area contributed by atoms with E-state index in [9.17, 15) is 8.78 Å². The highest BCUT2D eigenvalue weighted by molar-refractivity contribution is 5.68. The van der Waals surface area contributed by atoms with Crippen molar-refractivity contribution >= 4 is 0 Å². The lowest BCUT2D eigenvalue weighted by atomic mass is 9.96. The molecule has 2 rings (SSSR count). The maximum absolute atomic E-state index is 13.9. The number of hydrogen-bond acceptors (Lipinski definition) is 1. The lowest BCUT2D eigenvalue weighted by molar-refractivity contribution is 0.624. The molecule has 18 heavy (non-hydrogen) atoms. The summed E-state index contributed by atoms with van der Waals surface area (Å²) in [5.74, 6) is -0.644. The van der Waals surface area contributed by atoms with Gasteiger partial charge in [-0.1, -0.05) is 12.1 Å². The Morgan fingerprint density at radius 3 is 2.33 bits per heavy atom. The molecule has 94 valence electrons. The summed E-state index contributed by atoms with van der Waals surface area (Å²) in [7, 11) is 0. The molecule has 0 aromatic heterocycles. The third kappa shape index (κ3) is 2.41. The number of benzene rings is 2. The summed E-state index contributed by atoms with van der Waals surface area (Å²) in [5.41, 5.74) is 8.50. The predicted octanol–water partition coefficient (Wildman–Crippen LogP) is 3.96. The number of rotatable bonds is 2. The molecular formula is C15H15F2N. The van der Waals surface area contributed by atoms with Crippen LogP contribution in [-0.4, -0.2) is 0 Å². The Kier molecular flexibility index (Phi) is 3.43. The first-order chi connectivity index (χ1) is 8.49. The topological polar surface area (TPSA) is 26.0 Å². The fourth-order valence-corrected chi connectivity index (χ4v) is 1.96. The van der Waals surface area contributed by atoms with E-state index in [1.165, 1.54) is 18.2 Å². The van der Waals surface area contributed by atoms with Crippen molar-refractivity contribution in [1.82, 2.24) is 0 Å². The van der Waals surface area contributed by atoms with Crippen LogP contribution in [-0.2, 0) is 0 Å².